The first kappa shape index (κ1) is 9.16. The Bertz CT molecular complexity index is 250. The fourth-order valence-corrected chi connectivity index (χ4v) is 1.09. The van der Waals surface area contributed by atoms with Gasteiger partial charge in [0.2, 0.25) is 0 Å². The number of nitrogens with zero attached hydrogens (tertiary/aromatic N) is 1. The molecule has 0 unspecified atom stereocenters. The molecule has 0 amide bonds. The average molecular weight is 166 g/mol. The molecule has 0 aliphatic carbocycles. The third kappa shape index (κ3) is 2.29. The molecular formula is C9H14N2O. The van der Waals surface area contributed by atoms with Crippen molar-refractivity contribution in [2.45, 2.75) is 19.4 Å². The van der Waals surface area contributed by atoms with Gasteiger partial charge in [-0.25, -0.2) is 0 Å². The van der Waals surface area contributed by atoms with Gasteiger partial charge >= 0.3 is 0 Å². The molecule has 0 fully saturated rings. The molecule has 12 heavy (non-hydrogen) atoms. The normalized spacial score (nSPS) is 12.9. The van der Waals surface area contributed by atoms with Gasteiger partial charge in [0.05, 0.1) is 0 Å². The van der Waals surface area contributed by atoms with E-state index in [-0.39, 0.29) is 12.6 Å². The Morgan fingerprint density at radius 2 is 2.33 bits per heavy atom. The summed E-state index contributed by atoms with van der Waals surface area (Å²) in [4.78, 5) is 4.03. The van der Waals surface area contributed by atoms with Gasteiger partial charge in [-0.15, -0.1) is 0 Å². The van der Waals surface area contributed by atoms with E-state index in [1.54, 1.807) is 12.4 Å². The van der Waals surface area contributed by atoms with Crippen LogP contribution in [0.15, 0.2) is 18.5 Å². The number of aryl methyl sites for hydroxylation is 1. The zero-order valence-corrected chi connectivity index (χ0v) is 7.20. The molecule has 1 heterocycles. The predicted molar refractivity (Wildman–Crippen MR) is 47.6 cm³/mol. The summed E-state index contributed by atoms with van der Waals surface area (Å²) in [7, 11) is 0. The lowest BCUT2D eigenvalue weighted by atomic mass is 10.1. The highest BCUT2D eigenvalue weighted by molar-refractivity contribution is 5.19. The fraction of sp³-hybridized carbons (Fsp3) is 0.444. The summed E-state index contributed by atoms with van der Waals surface area (Å²) in [5.74, 6) is 0. The number of pyridine rings is 1. The molecule has 3 heteroatoms. The lowest BCUT2D eigenvalue weighted by Crippen LogP contribution is -2.12. The van der Waals surface area contributed by atoms with Crippen molar-refractivity contribution in [1.29, 1.82) is 0 Å². The third-order valence-corrected chi connectivity index (χ3v) is 1.76. The highest BCUT2D eigenvalue weighted by atomic mass is 16.3. The quantitative estimate of drug-likeness (QED) is 0.697. The van der Waals surface area contributed by atoms with E-state index in [0.717, 1.165) is 11.1 Å². The molecule has 0 saturated heterocycles. The van der Waals surface area contributed by atoms with Gasteiger partial charge < -0.3 is 10.8 Å². The minimum atomic E-state index is -0.0950. The molecular weight excluding hydrogens is 152 g/mol. The van der Waals surface area contributed by atoms with Crippen molar-refractivity contribution in [3.05, 3.63) is 29.6 Å². The Labute approximate surface area is 72.2 Å². The van der Waals surface area contributed by atoms with Crippen molar-refractivity contribution in [2.75, 3.05) is 6.61 Å². The van der Waals surface area contributed by atoms with E-state index in [0.29, 0.717) is 6.42 Å². The molecule has 1 aromatic rings. The van der Waals surface area contributed by atoms with Crippen LogP contribution in [0, 0.1) is 6.92 Å². The monoisotopic (exact) mass is 166 g/mol. The van der Waals surface area contributed by atoms with Crippen LogP contribution in [-0.4, -0.2) is 16.7 Å². The van der Waals surface area contributed by atoms with E-state index < -0.39 is 0 Å². The number of nitrogens with two attached hydrogens (primary N) is 1. The van der Waals surface area contributed by atoms with E-state index in [4.69, 9.17) is 10.8 Å². The Kier molecular flexibility index (Phi) is 3.19. The highest BCUT2D eigenvalue weighted by Gasteiger charge is 2.04. The van der Waals surface area contributed by atoms with Crippen molar-refractivity contribution in [3.63, 3.8) is 0 Å². The molecule has 66 valence electrons. The summed E-state index contributed by atoms with van der Waals surface area (Å²) in [6.07, 6.45) is 4.12. The second kappa shape index (κ2) is 4.18. The van der Waals surface area contributed by atoms with Crippen LogP contribution in [0.5, 0.6) is 0 Å². The molecule has 0 aromatic carbocycles. The van der Waals surface area contributed by atoms with Crippen LogP contribution >= 0.6 is 0 Å². The van der Waals surface area contributed by atoms with Crippen LogP contribution in [0.4, 0.5) is 0 Å². The molecule has 1 aromatic heterocycles. The van der Waals surface area contributed by atoms with Crippen LogP contribution in [0.25, 0.3) is 0 Å². The molecule has 3 nitrogen and oxygen atoms in total. The van der Waals surface area contributed by atoms with Gasteiger partial charge in [0.25, 0.3) is 0 Å². The molecule has 0 spiro atoms. The number of aliphatic hydroxyl groups excluding tert-OH is 1. The van der Waals surface area contributed by atoms with Gasteiger partial charge in [0.15, 0.2) is 0 Å². The van der Waals surface area contributed by atoms with Gasteiger partial charge in [0, 0.05) is 25.0 Å². The number of hydrogen-bond acceptors (Lipinski definition) is 3. The molecule has 0 saturated carbocycles. The summed E-state index contributed by atoms with van der Waals surface area (Å²) in [5, 5.41) is 8.67. The van der Waals surface area contributed by atoms with Crippen molar-refractivity contribution in [1.82, 2.24) is 4.98 Å². The van der Waals surface area contributed by atoms with Gasteiger partial charge in [-0.05, 0) is 24.5 Å². The maximum Gasteiger partial charge on any atom is 0.0449 e. The number of rotatable bonds is 3. The van der Waals surface area contributed by atoms with E-state index in [9.17, 15) is 0 Å². The summed E-state index contributed by atoms with van der Waals surface area (Å²) in [6.45, 7) is 2.09. The van der Waals surface area contributed by atoms with Gasteiger partial charge in [-0.1, -0.05) is 6.07 Å². The van der Waals surface area contributed by atoms with Crippen molar-refractivity contribution < 1.29 is 5.11 Å². The maximum atomic E-state index is 8.67. The zero-order chi connectivity index (χ0) is 8.97. The summed E-state index contributed by atoms with van der Waals surface area (Å²) in [5.41, 5.74) is 7.86. The first-order valence-electron chi connectivity index (χ1n) is 4.02. The maximum absolute atomic E-state index is 8.67. The van der Waals surface area contributed by atoms with Gasteiger partial charge in [0.1, 0.15) is 0 Å². The van der Waals surface area contributed by atoms with Crippen LogP contribution in [0.2, 0.25) is 0 Å². The number of aliphatic hydroxyl groups is 1. The van der Waals surface area contributed by atoms with E-state index >= 15 is 0 Å². The lowest BCUT2D eigenvalue weighted by molar-refractivity contribution is 0.276. The Hall–Kier alpha value is -0.930. The van der Waals surface area contributed by atoms with Crippen LogP contribution in [0.1, 0.15) is 23.6 Å². The molecule has 0 radical (unpaired) electrons. The van der Waals surface area contributed by atoms with E-state index in [2.05, 4.69) is 4.98 Å². The van der Waals surface area contributed by atoms with Crippen molar-refractivity contribution in [2.24, 2.45) is 5.73 Å². The van der Waals surface area contributed by atoms with E-state index in [1.165, 1.54) is 0 Å². The predicted octanol–water partition coefficient (Wildman–Crippen LogP) is 0.772. The first-order valence-corrected chi connectivity index (χ1v) is 4.02. The average Bonchev–Trinajstić information content (AvgIpc) is 2.05. The molecule has 1 atom stereocenters. The second-order valence-electron chi connectivity index (χ2n) is 2.91. The van der Waals surface area contributed by atoms with E-state index in [1.807, 2.05) is 13.0 Å². The summed E-state index contributed by atoms with van der Waals surface area (Å²) < 4.78 is 0. The van der Waals surface area contributed by atoms with Crippen molar-refractivity contribution >= 4 is 0 Å². The topological polar surface area (TPSA) is 59.1 Å². The smallest absolute Gasteiger partial charge is 0.0449 e. The minimum absolute atomic E-state index is 0.0950. The minimum Gasteiger partial charge on any atom is -0.396 e. The lowest BCUT2D eigenvalue weighted by Gasteiger charge is -2.09. The van der Waals surface area contributed by atoms with Gasteiger partial charge in [-0.3, -0.25) is 4.98 Å². The fourth-order valence-electron chi connectivity index (χ4n) is 1.09. The molecule has 0 aliphatic rings. The Morgan fingerprint density at radius 3 is 2.92 bits per heavy atom. The number of aromatic nitrogens is 1. The SMILES string of the molecule is Cc1cncc([C@@H](N)CCO)c1. The van der Waals surface area contributed by atoms with Gasteiger partial charge in [-0.2, -0.15) is 0 Å². The third-order valence-electron chi connectivity index (χ3n) is 1.76. The molecule has 3 N–H and O–H groups in total. The van der Waals surface area contributed by atoms with Crippen molar-refractivity contribution in [3.8, 4) is 0 Å². The summed E-state index contributed by atoms with van der Waals surface area (Å²) in [6, 6.07) is 1.90. The Balaban J connectivity index is 2.73. The Morgan fingerprint density at radius 1 is 1.58 bits per heavy atom. The summed E-state index contributed by atoms with van der Waals surface area (Å²) >= 11 is 0. The first-order chi connectivity index (χ1) is 5.74. The largest absolute Gasteiger partial charge is 0.396 e. The molecule has 0 bridgehead atoms. The van der Waals surface area contributed by atoms with Crippen LogP contribution in [-0.2, 0) is 0 Å². The van der Waals surface area contributed by atoms with Crippen LogP contribution in [0.3, 0.4) is 0 Å². The second-order valence-corrected chi connectivity index (χ2v) is 2.91. The molecule has 0 aliphatic heterocycles. The standard InChI is InChI=1S/C9H14N2O/c1-7-4-8(6-11-5-7)9(10)2-3-12/h4-6,9,12H,2-3,10H2,1H3/t9-/m0/s1. The highest BCUT2D eigenvalue weighted by Crippen LogP contribution is 2.12. The zero-order valence-electron chi connectivity index (χ0n) is 7.20. The molecule has 1 rings (SSSR count). The van der Waals surface area contributed by atoms with Crippen LogP contribution < -0.4 is 5.73 Å². The number of hydrogen-bond donors (Lipinski definition) is 2.